The average Bonchev–Trinajstić information content (AvgIpc) is 3.26. The summed E-state index contributed by atoms with van der Waals surface area (Å²) in [7, 11) is 0. The summed E-state index contributed by atoms with van der Waals surface area (Å²) in [5, 5.41) is 6.11. The predicted octanol–water partition coefficient (Wildman–Crippen LogP) is 3.59. The standard InChI is InChI=1S/C17H23N3O2S/c1-3-12(2)16-18-17(22-19-16)13-6-8-20(9-7-13)15(21)11-14-5-4-10-23-14/h4-5,10,12-13H,3,6-9,11H2,1-2H3/t12-/m1/s1. The summed E-state index contributed by atoms with van der Waals surface area (Å²) in [6, 6.07) is 4.01. The van der Waals surface area contributed by atoms with Gasteiger partial charge < -0.3 is 9.42 Å². The van der Waals surface area contributed by atoms with Gasteiger partial charge in [-0.25, -0.2) is 0 Å². The summed E-state index contributed by atoms with van der Waals surface area (Å²) >= 11 is 1.64. The quantitative estimate of drug-likeness (QED) is 0.839. The second-order valence-electron chi connectivity index (χ2n) is 6.21. The number of nitrogens with zero attached hydrogens (tertiary/aromatic N) is 3. The van der Waals surface area contributed by atoms with Crippen molar-refractivity contribution in [1.29, 1.82) is 0 Å². The molecule has 1 aliphatic rings. The monoisotopic (exact) mass is 333 g/mol. The zero-order valence-corrected chi connectivity index (χ0v) is 14.5. The van der Waals surface area contributed by atoms with Crippen molar-refractivity contribution in [2.75, 3.05) is 13.1 Å². The van der Waals surface area contributed by atoms with Gasteiger partial charge in [-0.2, -0.15) is 4.98 Å². The van der Waals surface area contributed by atoms with E-state index in [-0.39, 0.29) is 11.8 Å². The molecule has 1 atom stereocenters. The molecule has 124 valence electrons. The van der Waals surface area contributed by atoms with Crippen LogP contribution in [0.3, 0.4) is 0 Å². The first-order valence-electron chi connectivity index (χ1n) is 8.31. The molecule has 1 amide bonds. The van der Waals surface area contributed by atoms with E-state index < -0.39 is 0 Å². The lowest BCUT2D eigenvalue weighted by molar-refractivity contribution is -0.131. The van der Waals surface area contributed by atoms with Crippen LogP contribution in [0.2, 0.25) is 0 Å². The van der Waals surface area contributed by atoms with Crippen LogP contribution in [-0.4, -0.2) is 34.0 Å². The van der Waals surface area contributed by atoms with Crippen LogP contribution in [0.15, 0.2) is 22.0 Å². The van der Waals surface area contributed by atoms with E-state index >= 15 is 0 Å². The van der Waals surface area contributed by atoms with Crippen molar-refractivity contribution in [2.24, 2.45) is 0 Å². The smallest absolute Gasteiger partial charge is 0.229 e. The number of carbonyl (C=O) groups excluding carboxylic acids is 1. The van der Waals surface area contributed by atoms with Crippen LogP contribution < -0.4 is 0 Å². The molecule has 0 unspecified atom stereocenters. The molecule has 1 aliphatic heterocycles. The number of hydrogen-bond donors (Lipinski definition) is 0. The van der Waals surface area contributed by atoms with Gasteiger partial charge in [0.1, 0.15) is 0 Å². The summed E-state index contributed by atoms with van der Waals surface area (Å²) in [6.45, 7) is 5.78. The molecule has 0 aromatic carbocycles. The van der Waals surface area contributed by atoms with E-state index in [1.807, 2.05) is 22.4 Å². The molecule has 0 spiro atoms. The molecular weight excluding hydrogens is 310 g/mol. The van der Waals surface area contributed by atoms with Crippen LogP contribution in [0.25, 0.3) is 0 Å². The Morgan fingerprint density at radius 1 is 1.48 bits per heavy atom. The third-order valence-electron chi connectivity index (χ3n) is 4.61. The van der Waals surface area contributed by atoms with Crippen molar-refractivity contribution in [2.45, 2.75) is 51.4 Å². The van der Waals surface area contributed by atoms with Crippen molar-refractivity contribution in [3.63, 3.8) is 0 Å². The van der Waals surface area contributed by atoms with E-state index in [1.54, 1.807) is 11.3 Å². The first kappa shape index (κ1) is 16.2. The minimum atomic E-state index is 0.219. The molecule has 3 rings (SSSR count). The highest BCUT2D eigenvalue weighted by Gasteiger charge is 2.28. The number of amides is 1. The topological polar surface area (TPSA) is 59.2 Å². The van der Waals surface area contributed by atoms with Gasteiger partial charge in [0.15, 0.2) is 5.82 Å². The lowest BCUT2D eigenvalue weighted by Gasteiger charge is -2.30. The Balaban J connectivity index is 1.53. The van der Waals surface area contributed by atoms with Gasteiger partial charge in [-0.1, -0.05) is 25.1 Å². The highest BCUT2D eigenvalue weighted by Crippen LogP contribution is 2.28. The molecule has 0 aliphatic carbocycles. The van der Waals surface area contributed by atoms with Crippen molar-refractivity contribution >= 4 is 17.2 Å². The molecule has 5 nitrogen and oxygen atoms in total. The molecule has 2 aromatic rings. The van der Waals surface area contributed by atoms with Crippen molar-refractivity contribution < 1.29 is 9.32 Å². The van der Waals surface area contributed by atoms with E-state index in [0.29, 0.717) is 12.3 Å². The van der Waals surface area contributed by atoms with Crippen molar-refractivity contribution in [3.8, 4) is 0 Å². The molecule has 0 bridgehead atoms. The van der Waals surface area contributed by atoms with Crippen LogP contribution in [-0.2, 0) is 11.2 Å². The predicted molar refractivity (Wildman–Crippen MR) is 89.6 cm³/mol. The summed E-state index contributed by atoms with van der Waals surface area (Å²) in [4.78, 5) is 20.0. The second kappa shape index (κ2) is 7.25. The largest absolute Gasteiger partial charge is 0.342 e. The first-order chi connectivity index (χ1) is 11.2. The fourth-order valence-electron chi connectivity index (χ4n) is 2.85. The number of likely N-dealkylation sites (tertiary alicyclic amines) is 1. The van der Waals surface area contributed by atoms with E-state index in [9.17, 15) is 4.79 Å². The van der Waals surface area contributed by atoms with Gasteiger partial charge in [0.25, 0.3) is 0 Å². The Morgan fingerprint density at radius 2 is 2.26 bits per heavy atom. The molecule has 0 saturated carbocycles. The molecule has 2 aromatic heterocycles. The van der Waals surface area contributed by atoms with Gasteiger partial charge in [-0.05, 0) is 30.7 Å². The van der Waals surface area contributed by atoms with Gasteiger partial charge in [0, 0.05) is 29.8 Å². The Bertz CT molecular complexity index is 630. The number of rotatable bonds is 5. The number of aromatic nitrogens is 2. The summed E-state index contributed by atoms with van der Waals surface area (Å²) in [6.07, 6.45) is 3.33. The summed E-state index contributed by atoms with van der Waals surface area (Å²) < 4.78 is 5.45. The van der Waals surface area contributed by atoms with Crippen LogP contribution >= 0.6 is 11.3 Å². The van der Waals surface area contributed by atoms with E-state index in [0.717, 1.165) is 48.9 Å². The van der Waals surface area contributed by atoms with E-state index in [2.05, 4.69) is 24.0 Å². The maximum Gasteiger partial charge on any atom is 0.229 e. The molecule has 23 heavy (non-hydrogen) atoms. The van der Waals surface area contributed by atoms with Crippen LogP contribution in [0.5, 0.6) is 0 Å². The maximum absolute atomic E-state index is 12.3. The fourth-order valence-corrected chi connectivity index (χ4v) is 3.54. The number of hydrogen-bond acceptors (Lipinski definition) is 5. The highest BCUT2D eigenvalue weighted by molar-refractivity contribution is 7.10. The fraction of sp³-hybridized carbons (Fsp3) is 0.588. The molecule has 0 radical (unpaired) electrons. The summed E-state index contributed by atoms with van der Waals surface area (Å²) in [5.74, 6) is 2.38. The van der Waals surface area contributed by atoms with Gasteiger partial charge >= 0.3 is 0 Å². The Morgan fingerprint density at radius 3 is 2.91 bits per heavy atom. The Hall–Kier alpha value is -1.69. The molecule has 3 heterocycles. The van der Waals surface area contributed by atoms with E-state index in [1.165, 1.54) is 0 Å². The second-order valence-corrected chi connectivity index (χ2v) is 7.24. The number of thiophene rings is 1. The van der Waals surface area contributed by atoms with Gasteiger partial charge in [0.05, 0.1) is 6.42 Å². The Labute approximate surface area is 140 Å². The number of piperidine rings is 1. The third-order valence-corrected chi connectivity index (χ3v) is 5.49. The normalized spacial score (nSPS) is 17.4. The lowest BCUT2D eigenvalue weighted by Crippen LogP contribution is -2.38. The highest BCUT2D eigenvalue weighted by atomic mass is 32.1. The van der Waals surface area contributed by atoms with Gasteiger partial charge in [0.2, 0.25) is 11.8 Å². The van der Waals surface area contributed by atoms with Crippen LogP contribution in [0.1, 0.15) is 61.5 Å². The molecule has 1 fully saturated rings. The van der Waals surface area contributed by atoms with Crippen LogP contribution in [0, 0.1) is 0 Å². The lowest BCUT2D eigenvalue weighted by atomic mass is 9.96. The van der Waals surface area contributed by atoms with Crippen molar-refractivity contribution in [1.82, 2.24) is 15.0 Å². The maximum atomic E-state index is 12.3. The number of carbonyl (C=O) groups is 1. The van der Waals surface area contributed by atoms with Crippen molar-refractivity contribution in [3.05, 3.63) is 34.1 Å². The minimum Gasteiger partial charge on any atom is -0.342 e. The molecule has 0 N–H and O–H groups in total. The SMILES string of the molecule is CC[C@@H](C)c1noc(C2CCN(C(=O)Cc3cccs3)CC2)n1. The summed E-state index contributed by atoms with van der Waals surface area (Å²) in [5.41, 5.74) is 0. The third kappa shape index (κ3) is 3.80. The zero-order valence-electron chi connectivity index (χ0n) is 13.7. The minimum absolute atomic E-state index is 0.219. The Kier molecular flexibility index (Phi) is 5.10. The zero-order chi connectivity index (χ0) is 16.2. The van der Waals surface area contributed by atoms with E-state index in [4.69, 9.17) is 4.52 Å². The molecule has 1 saturated heterocycles. The first-order valence-corrected chi connectivity index (χ1v) is 9.19. The molecular formula is C17H23N3O2S. The molecule has 6 heteroatoms. The average molecular weight is 333 g/mol. The van der Waals surface area contributed by atoms with Gasteiger partial charge in [-0.3, -0.25) is 4.79 Å². The van der Waals surface area contributed by atoms with Crippen LogP contribution in [0.4, 0.5) is 0 Å². The van der Waals surface area contributed by atoms with Gasteiger partial charge in [-0.15, -0.1) is 11.3 Å².